The standard InChI is InChI=1S/C13H18O3/c1-9-3-4-10(2)11(7-9)13(14)12-8-15-5-6-16-12/h3-4,7,12-14H,5-6,8H2,1-2H3. The first-order chi connectivity index (χ1) is 7.68. The summed E-state index contributed by atoms with van der Waals surface area (Å²) in [5.74, 6) is 0. The van der Waals surface area contributed by atoms with Crippen LogP contribution in [0.2, 0.25) is 0 Å². The Morgan fingerprint density at radius 2 is 2.12 bits per heavy atom. The molecule has 0 saturated carbocycles. The Hall–Kier alpha value is -0.900. The highest BCUT2D eigenvalue weighted by Crippen LogP contribution is 2.25. The van der Waals surface area contributed by atoms with Crippen molar-refractivity contribution in [3.05, 3.63) is 34.9 Å². The predicted molar refractivity (Wildman–Crippen MR) is 61.4 cm³/mol. The Labute approximate surface area is 96.0 Å². The molecule has 3 heteroatoms. The van der Waals surface area contributed by atoms with Crippen LogP contribution >= 0.6 is 0 Å². The average Bonchev–Trinajstić information content (AvgIpc) is 2.32. The number of aliphatic hydroxyl groups excluding tert-OH is 1. The third kappa shape index (κ3) is 2.43. The van der Waals surface area contributed by atoms with Crippen LogP contribution in [0.3, 0.4) is 0 Å². The van der Waals surface area contributed by atoms with Gasteiger partial charge in [0.25, 0.3) is 0 Å². The zero-order chi connectivity index (χ0) is 11.5. The van der Waals surface area contributed by atoms with Crippen molar-refractivity contribution >= 4 is 0 Å². The minimum absolute atomic E-state index is 0.241. The van der Waals surface area contributed by atoms with Crippen molar-refractivity contribution in [2.45, 2.75) is 26.1 Å². The molecule has 0 spiro atoms. The molecule has 1 aliphatic rings. The van der Waals surface area contributed by atoms with Gasteiger partial charge in [-0.25, -0.2) is 0 Å². The number of aliphatic hydroxyl groups is 1. The van der Waals surface area contributed by atoms with E-state index in [1.165, 1.54) is 0 Å². The van der Waals surface area contributed by atoms with Crippen molar-refractivity contribution in [1.29, 1.82) is 0 Å². The summed E-state index contributed by atoms with van der Waals surface area (Å²) in [6.45, 7) is 5.67. The van der Waals surface area contributed by atoms with E-state index in [1.54, 1.807) is 0 Å². The Bertz CT molecular complexity index is 356. The lowest BCUT2D eigenvalue weighted by Crippen LogP contribution is -2.34. The van der Waals surface area contributed by atoms with E-state index in [0.717, 1.165) is 16.7 Å². The van der Waals surface area contributed by atoms with Crippen LogP contribution in [0.4, 0.5) is 0 Å². The fraction of sp³-hybridized carbons (Fsp3) is 0.538. The van der Waals surface area contributed by atoms with Gasteiger partial charge in [0.15, 0.2) is 0 Å². The molecule has 1 aliphatic heterocycles. The van der Waals surface area contributed by atoms with E-state index in [-0.39, 0.29) is 6.10 Å². The molecule has 0 amide bonds. The zero-order valence-corrected chi connectivity index (χ0v) is 9.77. The minimum atomic E-state index is -0.597. The zero-order valence-electron chi connectivity index (χ0n) is 9.77. The van der Waals surface area contributed by atoms with E-state index in [9.17, 15) is 5.11 Å². The van der Waals surface area contributed by atoms with Gasteiger partial charge in [0.05, 0.1) is 19.8 Å². The first-order valence-electron chi connectivity index (χ1n) is 5.63. The molecule has 1 aromatic rings. The van der Waals surface area contributed by atoms with Gasteiger partial charge in [-0.15, -0.1) is 0 Å². The molecule has 1 heterocycles. The molecule has 0 aromatic heterocycles. The molecule has 1 aromatic carbocycles. The SMILES string of the molecule is Cc1ccc(C)c(C(O)C2COCCO2)c1. The van der Waals surface area contributed by atoms with Gasteiger partial charge in [0.2, 0.25) is 0 Å². The van der Waals surface area contributed by atoms with Gasteiger partial charge in [0.1, 0.15) is 12.2 Å². The third-order valence-electron chi connectivity index (χ3n) is 2.95. The van der Waals surface area contributed by atoms with Crippen LogP contribution in [0, 0.1) is 13.8 Å². The van der Waals surface area contributed by atoms with Gasteiger partial charge >= 0.3 is 0 Å². The molecule has 1 fully saturated rings. The van der Waals surface area contributed by atoms with Crippen LogP contribution in [-0.2, 0) is 9.47 Å². The summed E-state index contributed by atoms with van der Waals surface area (Å²) in [6, 6.07) is 6.08. The van der Waals surface area contributed by atoms with E-state index in [1.807, 2.05) is 32.0 Å². The summed E-state index contributed by atoms with van der Waals surface area (Å²) in [5.41, 5.74) is 3.18. The maximum Gasteiger partial charge on any atom is 0.111 e. The quantitative estimate of drug-likeness (QED) is 0.828. The smallest absolute Gasteiger partial charge is 0.111 e. The lowest BCUT2D eigenvalue weighted by molar-refractivity contribution is -0.133. The van der Waals surface area contributed by atoms with Crippen LogP contribution < -0.4 is 0 Å². The predicted octanol–water partition coefficient (Wildman–Crippen LogP) is 1.75. The molecule has 0 bridgehead atoms. The fourth-order valence-electron chi connectivity index (χ4n) is 1.97. The minimum Gasteiger partial charge on any atom is -0.386 e. The topological polar surface area (TPSA) is 38.7 Å². The molecule has 2 atom stereocenters. The monoisotopic (exact) mass is 222 g/mol. The molecular weight excluding hydrogens is 204 g/mol. The summed E-state index contributed by atoms with van der Waals surface area (Å²) in [6.07, 6.45) is -0.838. The van der Waals surface area contributed by atoms with Gasteiger partial charge in [0, 0.05) is 0 Å². The molecule has 1 saturated heterocycles. The second-order valence-corrected chi connectivity index (χ2v) is 4.29. The number of rotatable bonds is 2. The van der Waals surface area contributed by atoms with Gasteiger partial charge in [-0.2, -0.15) is 0 Å². The van der Waals surface area contributed by atoms with Crippen LogP contribution in [0.1, 0.15) is 22.8 Å². The summed E-state index contributed by atoms with van der Waals surface area (Å²) in [4.78, 5) is 0. The number of ether oxygens (including phenoxy) is 2. The van der Waals surface area contributed by atoms with Crippen molar-refractivity contribution in [3.63, 3.8) is 0 Å². The molecule has 0 aliphatic carbocycles. The van der Waals surface area contributed by atoms with E-state index < -0.39 is 6.10 Å². The Balaban J connectivity index is 2.18. The number of hydrogen-bond acceptors (Lipinski definition) is 3. The summed E-state index contributed by atoms with van der Waals surface area (Å²) >= 11 is 0. The molecule has 1 N–H and O–H groups in total. The van der Waals surface area contributed by atoms with Gasteiger partial charge in [-0.3, -0.25) is 0 Å². The Kier molecular flexibility index (Phi) is 3.59. The van der Waals surface area contributed by atoms with Crippen molar-refractivity contribution in [2.24, 2.45) is 0 Å². The molecule has 2 unspecified atom stereocenters. The maximum absolute atomic E-state index is 10.2. The van der Waals surface area contributed by atoms with E-state index in [0.29, 0.717) is 19.8 Å². The average molecular weight is 222 g/mol. The van der Waals surface area contributed by atoms with Crippen LogP contribution in [0.5, 0.6) is 0 Å². The van der Waals surface area contributed by atoms with Crippen LogP contribution in [0.15, 0.2) is 18.2 Å². The lowest BCUT2D eigenvalue weighted by Gasteiger charge is -2.28. The number of benzene rings is 1. The van der Waals surface area contributed by atoms with Crippen molar-refractivity contribution < 1.29 is 14.6 Å². The molecule has 88 valence electrons. The van der Waals surface area contributed by atoms with Crippen molar-refractivity contribution in [3.8, 4) is 0 Å². The molecule has 3 nitrogen and oxygen atoms in total. The number of aryl methyl sites for hydroxylation is 2. The summed E-state index contributed by atoms with van der Waals surface area (Å²) < 4.78 is 10.8. The molecule has 0 radical (unpaired) electrons. The van der Waals surface area contributed by atoms with Gasteiger partial charge in [-0.1, -0.05) is 23.8 Å². The maximum atomic E-state index is 10.2. The first kappa shape index (κ1) is 11.6. The second kappa shape index (κ2) is 4.95. The van der Waals surface area contributed by atoms with Crippen LogP contribution in [0.25, 0.3) is 0 Å². The van der Waals surface area contributed by atoms with Gasteiger partial charge < -0.3 is 14.6 Å². The third-order valence-corrected chi connectivity index (χ3v) is 2.95. The summed E-state index contributed by atoms with van der Waals surface area (Å²) in [7, 11) is 0. The highest BCUT2D eigenvalue weighted by molar-refractivity contribution is 5.32. The second-order valence-electron chi connectivity index (χ2n) is 4.29. The van der Waals surface area contributed by atoms with E-state index >= 15 is 0 Å². The molecule has 2 rings (SSSR count). The van der Waals surface area contributed by atoms with Gasteiger partial charge in [-0.05, 0) is 25.0 Å². The largest absolute Gasteiger partial charge is 0.386 e. The molecule has 16 heavy (non-hydrogen) atoms. The molecular formula is C13H18O3. The van der Waals surface area contributed by atoms with Crippen molar-refractivity contribution in [1.82, 2.24) is 0 Å². The highest BCUT2D eigenvalue weighted by atomic mass is 16.6. The highest BCUT2D eigenvalue weighted by Gasteiger charge is 2.25. The Morgan fingerprint density at radius 1 is 1.31 bits per heavy atom. The van der Waals surface area contributed by atoms with Crippen molar-refractivity contribution in [2.75, 3.05) is 19.8 Å². The Morgan fingerprint density at radius 3 is 2.81 bits per heavy atom. The number of hydrogen-bond donors (Lipinski definition) is 1. The van der Waals surface area contributed by atoms with E-state index in [4.69, 9.17) is 9.47 Å². The van der Waals surface area contributed by atoms with E-state index in [2.05, 4.69) is 0 Å². The summed E-state index contributed by atoms with van der Waals surface area (Å²) in [5, 5.41) is 10.2. The first-order valence-corrected chi connectivity index (χ1v) is 5.63. The lowest BCUT2D eigenvalue weighted by atomic mass is 9.97. The fourth-order valence-corrected chi connectivity index (χ4v) is 1.97. The van der Waals surface area contributed by atoms with Crippen LogP contribution in [-0.4, -0.2) is 31.0 Å². The normalized spacial score (nSPS) is 23.1.